The summed E-state index contributed by atoms with van der Waals surface area (Å²) < 4.78 is 5.59. The number of nitrogens with one attached hydrogen (secondary N) is 2. The summed E-state index contributed by atoms with van der Waals surface area (Å²) in [4.78, 5) is 36.6. The third-order valence-corrected chi connectivity index (χ3v) is 7.04. The number of carbonyl (C=O) groups is 3. The molecule has 0 fully saturated rings. The Morgan fingerprint density at radius 3 is 2.06 bits per heavy atom. The van der Waals surface area contributed by atoms with Gasteiger partial charge in [-0.05, 0) is 40.0 Å². The van der Waals surface area contributed by atoms with E-state index in [2.05, 4.69) is 34.9 Å². The minimum Gasteiger partial charge on any atom is -0.480 e. The van der Waals surface area contributed by atoms with Gasteiger partial charge in [-0.25, -0.2) is 9.59 Å². The van der Waals surface area contributed by atoms with Crippen LogP contribution < -0.4 is 10.6 Å². The standard InChI is InChI=1S/C28H36N2O5/c1-5-18(4)26(27(32)33)30-25(31)14-19(17(2)3)15-29-28(34)35-16-24-22-12-8-6-10-20(22)21-11-7-9-13-23(21)24/h6-13,17-19,24,26H,5,14-16H2,1-4H3,(H,29,34)(H,30,31)(H,32,33)/t18-,19?,26-/m0/s1. The Balaban J connectivity index is 1.54. The lowest BCUT2D eigenvalue weighted by Gasteiger charge is -2.24. The van der Waals surface area contributed by atoms with Crippen molar-refractivity contribution in [3.63, 3.8) is 0 Å². The maximum absolute atomic E-state index is 12.6. The van der Waals surface area contributed by atoms with Crippen LogP contribution in [0.1, 0.15) is 57.6 Å². The maximum atomic E-state index is 12.6. The number of carbonyl (C=O) groups excluding carboxylic acids is 2. The van der Waals surface area contributed by atoms with Gasteiger partial charge in [-0.3, -0.25) is 4.79 Å². The van der Waals surface area contributed by atoms with E-state index in [9.17, 15) is 19.5 Å². The largest absolute Gasteiger partial charge is 0.480 e. The second-order valence-electron chi connectivity index (χ2n) is 9.68. The Morgan fingerprint density at radius 1 is 0.971 bits per heavy atom. The summed E-state index contributed by atoms with van der Waals surface area (Å²) in [5, 5.41) is 14.9. The number of amides is 2. The summed E-state index contributed by atoms with van der Waals surface area (Å²) in [5.41, 5.74) is 4.63. The van der Waals surface area contributed by atoms with Gasteiger partial charge in [0.15, 0.2) is 0 Å². The van der Waals surface area contributed by atoms with Crippen LogP contribution in [0, 0.1) is 17.8 Å². The highest BCUT2D eigenvalue weighted by molar-refractivity contribution is 5.84. The normalized spacial score (nSPS) is 15.0. The highest BCUT2D eigenvalue weighted by Gasteiger charge is 2.30. The van der Waals surface area contributed by atoms with Crippen molar-refractivity contribution in [2.75, 3.05) is 13.2 Å². The molecule has 0 radical (unpaired) electrons. The van der Waals surface area contributed by atoms with Crippen LogP contribution in [0.5, 0.6) is 0 Å². The van der Waals surface area contributed by atoms with Gasteiger partial charge in [-0.2, -0.15) is 0 Å². The van der Waals surface area contributed by atoms with Crippen molar-refractivity contribution < 1.29 is 24.2 Å². The molecule has 2 aromatic rings. The predicted molar refractivity (Wildman–Crippen MR) is 135 cm³/mol. The van der Waals surface area contributed by atoms with Crippen LogP contribution in [0.2, 0.25) is 0 Å². The molecule has 0 bridgehead atoms. The highest BCUT2D eigenvalue weighted by atomic mass is 16.5. The van der Waals surface area contributed by atoms with Gasteiger partial charge in [-0.1, -0.05) is 82.6 Å². The molecule has 7 nitrogen and oxygen atoms in total. The zero-order valence-corrected chi connectivity index (χ0v) is 20.9. The Kier molecular flexibility index (Phi) is 8.90. The number of rotatable bonds is 11. The summed E-state index contributed by atoms with van der Waals surface area (Å²) in [6.07, 6.45) is 0.247. The molecular formula is C28H36N2O5. The van der Waals surface area contributed by atoms with Gasteiger partial charge in [0.25, 0.3) is 0 Å². The van der Waals surface area contributed by atoms with E-state index in [0.717, 1.165) is 11.1 Å². The Morgan fingerprint density at radius 2 is 1.54 bits per heavy atom. The van der Waals surface area contributed by atoms with Crippen molar-refractivity contribution in [1.29, 1.82) is 0 Å². The van der Waals surface area contributed by atoms with Gasteiger partial charge in [0, 0.05) is 18.9 Å². The molecule has 1 unspecified atom stereocenters. The molecule has 0 heterocycles. The van der Waals surface area contributed by atoms with Crippen LogP contribution >= 0.6 is 0 Å². The molecule has 1 aliphatic carbocycles. The zero-order valence-electron chi connectivity index (χ0n) is 20.9. The number of carboxylic acid groups (broad SMARTS) is 1. The summed E-state index contributed by atoms with van der Waals surface area (Å²) in [5.74, 6) is -1.60. The predicted octanol–water partition coefficient (Wildman–Crippen LogP) is 4.80. The van der Waals surface area contributed by atoms with Crippen LogP contribution in [-0.2, 0) is 14.3 Å². The molecule has 0 spiro atoms. The van der Waals surface area contributed by atoms with Crippen LogP contribution in [-0.4, -0.2) is 42.3 Å². The fourth-order valence-electron chi connectivity index (χ4n) is 4.56. The number of benzene rings is 2. The van der Waals surface area contributed by atoms with Crippen molar-refractivity contribution in [3.05, 3.63) is 59.7 Å². The smallest absolute Gasteiger partial charge is 0.407 e. The second kappa shape index (κ2) is 11.9. The highest BCUT2D eigenvalue weighted by Crippen LogP contribution is 2.44. The van der Waals surface area contributed by atoms with E-state index in [1.165, 1.54) is 11.1 Å². The van der Waals surface area contributed by atoms with Gasteiger partial charge in [-0.15, -0.1) is 0 Å². The number of alkyl carbamates (subject to hydrolysis) is 1. The van der Waals surface area contributed by atoms with Crippen molar-refractivity contribution >= 4 is 18.0 Å². The average Bonchev–Trinajstić information content (AvgIpc) is 3.16. The summed E-state index contributed by atoms with van der Waals surface area (Å²) in [6.45, 7) is 8.13. The van der Waals surface area contributed by atoms with E-state index in [1.807, 2.05) is 45.0 Å². The molecule has 2 aromatic carbocycles. The molecule has 0 saturated carbocycles. The monoisotopic (exact) mass is 480 g/mol. The lowest BCUT2D eigenvalue weighted by atomic mass is 9.91. The van der Waals surface area contributed by atoms with Gasteiger partial charge in [0.2, 0.25) is 5.91 Å². The fourth-order valence-corrected chi connectivity index (χ4v) is 4.56. The van der Waals surface area contributed by atoms with Crippen molar-refractivity contribution in [1.82, 2.24) is 10.6 Å². The molecule has 3 N–H and O–H groups in total. The van der Waals surface area contributed by atoms with Gasteiger partial charge < -0.3 is 20.5 Å². The molecule has 35 heavy (non-hydrogen) atoms. The van der Waals surface area contributed by atoms with E-state index < -0.39 is 18.1 Å². The summed E-state index contributed by atoms with van der Waals surface area (Å²) >= 11 is 0. The van der Waals surface area contributed by atoms with Crippen molar-refractivity contribution in [2.45, 2.75) is 52.5 Å². The minimum atomic E-state index is -1.04. The van der Waals surface area contributed by atoms with E-state index in [1.54, 1.807) is 6.92 Å². The Bertz CT molecular complexity index is 1010. The molecular weight excluding hydrogens is 444 g/mol. The third kappa shape index (κ3) is 6.41. The molecule has 0 aliphatic heterocycles. The first-order valence-electron chi connectivity index (χ1n) is 12.3. The summed E-state index contributed by atoms with van der Waals surface area (Å²) in [7, 11) is 0. The van der Waals surface area contributed by atoms with E-state index in [4.69, 9.17) is 4.74 Å². The average molecular weight is 481 g/mol. The molecule has 0 saturated heterocycles. The molecule has 7 heteroatoms. The van der Waals surface area contributed by atoms with E-state index in [-0.39, 0.29) is 49.2 Å². The molecule has 3 atom stereocenters. The molecule has 2 amide bonds. The number of ether oxygens (including phenoxy) is 1. The minimum absolute atomic E-state index is 0.0201. The molecule has 188 valence electrons. The van der Waals surface area contributed by atoms with E-state index >= 15 is 0 Å². The van der Waals surface area contributed by atoms with Crippen LogP contribution in [0.25, 0.3) is 11.1 Å². The quantitative estimate of drug-likeness (QED) is 0.428. The number of hydrogen-bond acceptors (Lipinski definition) is 4. The first-order valence-corrected chi connectivity index (χ1v) is 12.3. The van der Waals surface area contributed by atoms with Gasteiger partial charge >= 0.3 is 12.1 Å². The fraction of sp³-hybridized carbons (Fsp3) is 0.464. The van der Waals surface area contributed by atoms with Crippen molar-refractivity contribution in [2.24, 2.45) is 17.8 Å². The van der Waals surface area contributed by atoms with Crippen molar-refractivity contribution in [3.8, 4) is 11.1 Å². The van der Waals surface area contributed by atoms with Crippen LogP contribution in [0.3, 0.4) is 0 Å². The topological polar surface area (TPSA) is 105 Å². The lowest BCUT2D eigenvalue weighted by molar-refractivity contribution is -0.143. The summed E-state index contributed by atoms with van der Waals surface area (Å²) in [6, 6.07) is 15.4. The first kappa shape index (κ1) is 26.3. The number of hydrogen-bond donors (Lipinski definition) is 3. The molecule has 0 aromatic heterocycles. The lowest BCUT2D eigenvalue weighted by Crippen LogP contribution is -2.46. The van der Waals surface area contributed by atoms with Crippen LogP contribution in [0.15, 0.2) is 48.5 Å². The Labute approximate surface area is 207 Å². The third-order valence-electron chi connectivity index (χ3n) is 7.04. The molecule has 1 aliphatic rings. The van der Waals surface area contributed by atoms with Gasteiger partial charge in [0.05, 0.1) is 0 Å². The Hall–Kier alpha value is -3.35. The SMILES string of the molecule is CC[C@H](C)[C@H](NC(=O)CC(CNC(=O)OCC1c2ccccc2-c2ccccc21)C(C)C)C(=O)O. The van der Waals surface area contributed by atoms with E-state index in [0.29, 0.717) is 6.42 Å². The maximum Gasteiger partial charge on any atom is 0.407 e. The van der Waals surface area contributed by atoms with Crippen LogP contribution in [0.4, 0.5) is 4.79 Å². The number of fused-ring (bicyclic) bond motifs is 3. The molecule has 3 rings (SSSR count). The van der Waals surface area contributed by atoms with Gasteiger partial charge in [0.1, 0.15) is 12.6 Å². The number of aliphatic carboxylic acids is 1. The second-order valence-corrected chi connectivity index (χ2v) is 9.68. The first-order chi connectivity index (χ1) is 16.7. The zero-order chi connectivity index (χ0) is 25.5. The number of carboxylic acids is 1.